The summed E-state index contributed by atoms with van der Waals surface area (Å²) < 4.78 is 10.9. The number of hydrogen-bond donors (Lipinski definition) is 1. The fraction of sp³-hybridized carbons (Fsp3) is 0.385. The van der Waals surface area contributed by atoms with E-state index in [0.29, 0.717) is 13.2 Å². The lowest BCUT2D eigenvalue weighted by atomic mass is 10.0. The molecule has 1 N–H and O–H groups in total. The number of fused-ring (bicyclic) bond motifs is 2. The molecule has 6 heteroatoms. The number of amides is 2. The molecular weight excluding hydrogens is 404 g/mol. The molecule has 1 aromatic heterocycles. The summed E-state index contributed by atoms with van der Waals surface area (Å²) in [5.41, 5.74) is 7.26. The normalized spacial score (nSPS) is 12.7. The van der Waals surface area contributed by atoms with Crippen molar-refractivity contribution < 1.29 is 18.7 Å². The Morgan fingerprint density at radius 1 is 1.16 bits per heavy atom. The molecule has 32 heavy (non-hydrogen) atoms. The zero-order valence-corrected chi connectivity index (χ0v) is 19.0. The number of anilines is 1. The zero-order chi connectivity index (χ0) is 22.7. The van der Waals surface area contributed by atoms with Crippen molar-refractivity contribution in [2.75, 3.05) is 32.1 Å². The maximum atomic E-state index is 13.2. The Kier molecular flexibility index (Phi) is 6.61. The first-order valence-corrected chi connectivity index (χ1v) is 11.1. The molecule has 0 unspecified atom stereocenters. The van der Waals surface area contributed by atoms with E-state index >= 15 is 0 Å². The van der Waals surface area contributed by atoms with Crippen LogP contribution < -0.4 is 5.32 Å². The lowest BCUT2D eigenvalue weighted by molar-refractivity contribution is -0.134. The first-order valence-electron chi connectivity index (χ1n) is 11.1. The number of aryl methyl sites for hydroxylation is 3. The van der Waals surface area contributed by atoms with Crippen molar-refractivity contribution >= 4 is 28.5 Å². The number of ether oxygens (including phenoxy) is 1. The molecule has 168 valence electrons. The Morgan fingerprint density at radius 2 is 1.94 bits per heavy atom. The zero-order valence-electron chi connectivity index (χ0n) is 19.0. The van der Waals surface area contributed by atoms with Crippen LogP contribution in [0.4, 0.5) is 5.69 Å². The van der Waals surface area contributed by atoms with E-state index in [0.717, 1.165) is 52.6 Å². The fourth-order valence-electron chi connectivity index (χ4n) is 4.30. The lowest BCUT2D eigenvalue weighted by Gasteiger charge is -2.22. The predicted molar refractivity (Wildman–Crippen MR) is 125 cm³/mol. The van der Waals surface area contributed by atoms with E-state index < -0.39 is 0 Å². The minimum atomic E-state index is -0.224. The van der Waals surface area contributed by atoms with Crippen molar-refractivity contribution in [1.82, 2.24) is 4.90 Å². The Labute approximate surface area is 188 Å². The minimum absolute atomic E-state index is 0.0270. The third kappa shape index (κ3) is 4.70. The van der Waals surface area contributed by atoms with Gasteiger partial charge < -0.3 is 19.4 Å². The van der Waals surface area contributed by atoms with Crippen LogP contribution in [0.25, 0.3) is 11.0 Å². The van der Waals surface area contributed by atoms with Crippen molar-refractivity contribution in [3.8, 4) is 0 Å². The van der Waals surface area contributed by atoms with Crippen LogP contribution in [-0.4, -0.2) is 43.5 Å². The molecule has 0 fully saturated rings. The van der Waals surface area contributed by atoms with Crippen LogP contribution >= 0.6 is 0 Å². The number of methoxy groups -OCH3 is 1. The molecule has 0 spiro atoms. The monoisotopic (exact) mass is 434 g/mol. The van der Waals surface area contributed by atoms with Gasteiger partial charge in [-0.05, 0) is 73.6 Å². The molecule has 0 saturated heterocycles. The van der Waals surface area contributed by atoms with Crippen LogP contribution in [0.2, 0.25) is 0 Å². The molecule has 2 aromatic carbocycles. The van der Waals surface area contributed by atoms with Crippen LogP contribution in [0.3, 0.4) is 0 Å². The number of nitrogens with one attached hydrogen (secondary N) is 1. The number of carbonyl (C=O) groups is 2. The molecule has 3 aromatic rings. The Morgan fingerprint density at radius 3 is 2.72 bits per heavy atom. The van der Waals surface area contributed by atoms with Crippen molar-refractivity contribution in [3.63, 3.8) is 0 Å². The van der Waals surface area contributed by atoms with Gasteiger partial charge in [-0.2, -0.15) is 0 Å². The summed E-state index contributed by atoms with van der Waals surface area (Å²) in [4.78, 5) is 27.4. The van der Waals surface area contributed by atoms with Gasteiger partial charge in [0.15, 0.2) is 0 Å². The second-order valence-corrected chi connectivity index (χ2v) is 8.51. The molecule has 6 nitrogen and oxygen atoms in total. The molecule has 0 atom stereocenters. The van der Waals surface area contributed by atoms with Gasteiger partial charge in [-0.25, -0.2) is 0 Å². The van der Waals surface area contributed by atoms with Crippen molar-refractivity contribution in [2.24, 2.45) is 0 Å². The van der Waals surface area contributed by atoms with Gasteiger partial charge in [0, 0.05) is 30.3 Å². The van der Waals surface area contributed by atoms with E-state index in [1.165, 1.54) is 11.1 Å². The van der Waals surface area contributed by atoms with Gasteiger partial charge in [-0.15, -0.1) is 0 Å². The largest absolute Gasteiger partial charge is 0.464 e. The SMILES string of the molecule is COCCN(CC(=O)Nc1cccc(C)c1C)C(=O)Cc1coc2cc3c(cc12)CCC3. The number of carbonyl (C=O) groups excluding carboxylic acids is 2. The molecule has 0 aliphatic heterocycles. The van der Waals surface area contributed by atoms with Crippen LogP contribution in [0.5, 0.6) is 0 Å². The van der Waals surface area contributed by atoms with E-state index in [2.05, 4.69) is 17.4 Å². The maximum absolute atomic E-state index is 13.2. The lowest BCUT2D eigenvalue weighted by Crippen LogP contribution is -2.40. The second kappa shape index (κ2) is 9.57. The second-order valence-electron chi connectivity index (χ2n) is 8.51. The number of nitrogens with zero attached hydrogens (tertiary/aromatic N) is 1. The van der Waals surface area contributed by atoms with Crippen molar-refractivity contribution in [2.45, 2.75) is 39.5 Å². The van der Waals surface area contributed by atoms with E-state index in [1.54, 1.807) is 18.3 Å². The molecule has 0 radical (unpaired) electrons. The average Bonchev–Trinajstić information content (AvgIpc) is 3.39. The van der Waals surface area contributed by atoms with Gasteiger partial charge in [0.1, 0.15) is 5.58 Å². The van der Waals surface area contributed by atoms with Gasteiger partial charge in [0.05, 0.1) is 25.8 Å². The van der Waals surface area contributed by atoms with Gasteiger partial charge in [0.2, 0.25) is 11.8 Å². The van der Waals surface area contributed by atoms with Crippen molar-refractivity contribution in [1.29, 1.82) is 0 Å². The number of benzene rings is 2. The Hall–Kier alpha value is -3.12. The quantitative estimate of drug-likeness (QED) is 0.577. The van der Waals surface area contributed by atoms with E-state index in [1.807, 2.05) is 32.0 Å². The highest BCUT2D eigenvalue weighted by atomic mass is 16.5. The van der Waals surface area contributed by atoms with Gasteiger partial charge in [-0.3, -0.25) is 9.59 Å². The highest BCUT2D eigenvalue weighted by molar-refractivity contribution is 5.96. The maximum Gasteiger partial charge on any atom is 0.244 e. The summed E-state index contributed by atoms with van der Waals surface area (Å²) in [5.74, 6) is -0.348. The average molecular weight is 435 g/mol. The van der Waals surface area contributed by atoms with E-state index in [4.69, 9.17) is 9.15 Å². The predicted octanol–water partition coefficient (Wildman–Crippen LogP) is 4.19. The van der Waals surface area contributed by atoms with Gasteiger partial charge in [0.25, 0.3) is 0 Å². The van der Waals surface area contributed by atoms with Crippen LogP contribution in [0.15, 0.2) is 41.0 Å². The van der Waals surface area contributed by atoms with E-state index in [-0.39, 0.29) is 24.8 Å². The summed E-state index contributed by atoms with van der Waals surface area (Å²) in [7, 11) is 1.59. The molecule has 1 aliphatic rings. The van der Waals surface area contributed by atoms with Crippen LogP contribution in [-0.2, 0) is 33.6 Å². The number of furan rings is 1. The number of hydrogen-bond acceptors (Lipinski definition) is 4. The first kappa shape index (κ1) is 22.1. The molecule has 1 aliphatic carbocycles. The highest BCUT2D eigenvalue weighted by Crippen LogP contribution is 2.30. The fourth-order valence-corrected chi connectivity index (χ4v) is 4.30. The van der Waals surface area contributed by atoms with Crippen molar-refractivity contribution in [3.05, 3.63) is 64.4 Å². The molecule has 1 heterocycles. The first-order chi connectivity index (χ1) is 15.5. The summed E-state index contributed by atoms with van der Waals surface area (Å²) >= 11 is 0. The minimum Gasteiger partial charge on any atom is -0.464 e. The highest BCUT2D eigenvalue weighted by Gasteiger charge is 2.21. The smallest absolute Gasteiger partial charge is 0.244 e. The summed E-state index contributed by atoms with van der Waals surface area (Å²) in [6, 6.07) is 10.1. The third-order valence-corrected chi connectivity index (χ3v) is 6.34. The summed E-state index contributed by atoms with van der Waals surface area (Å²) in [5, 5.41) is 3.93. The van der Waals surface area contributed by atoms with Crippen LogP contribution in [0.1, 0.15) is 34.2 Å². The standard InChI is InChI=1S/C26H30N2O4/c1-17-6-4-9-23(18(17)2)27-25(29)15-28(10-11-31-3)26(30)14-21-16-32-24-13-20-8-5-7-19(20)12-22(21)24/h4,6,9,12-13,16H,5,7-8,10-11,14-15H2,1-3H3,(H,27,29). The molecule has 0 bridgehead atoms. The molecule has 2 amide bonds. The van der Waals surface area contributed by atoms with Gasteiger partial charge >= 0.3 is 0 Å². The molecule has 0 saturated carbocycles. The number of rotatable bonds is 8. The molecule has 4 rings (SSSR count). The topological polar surface area (TPSA) is 71.8 Å². The Balaban J connectivity index is 1.48. The summed E-state index contributed by atoms with van der Waals surface area (Å²) in [6.45, 7) is 4.66. The third-order valence-electron chi connectivity index (χ3n) is 6.34. The van der Waals surface area contributed by atoms with Crippen LogP contribution in [0, 0.1) is 13.8 Å². The summed E-state index contributed by atoms with van der Waals surface area (Å²) in [6.07, 6.45) is 5.17. The van der Waals surface area contributed by atoms with E-state index in [9.17, 15) is 9.59 Å². The Bertz CT molecular complexity index is 1150. The molecular formula is C26H30N2O4. The van der Waals surface area contributed by atoms with Gasteiger partial charge in [-0.1, -0.05) is 12.1 Å².